The third-order valence-electron chi connectivity index (χ3n) is 3.39. The van der Waals surface area contributed by atoms with Crippen molar-refractivity contribution in [3.63, 3.8) is 0 Å². The van der Waals surface area contributed by atoms with Crippen LogP contribution in [0.25, 0.3) is 0 Å². The van der Waals surface area contributed by atoms with Crippen molar-refractivity contribution in [2.75, 3.05) is 13.1 Å². The molecule has 0 saturated carbocycles. The van der Waals surface area contributed by atoms with E-state index in [2.05, 4.69) is 35.1 Å². The molecule has 1 saturated heterocycles. The van der Waals surface area contributed by atoms with Gasteiger partial charge in [-0.2, -0.15) is 0 Å². The lowest BCUT2D eigenvalue weighted by atomic mass is 10.1. The Kier molecular flexibility index (Phi) is 4.61. The SMILES string of the molecule is CCC1CCCN1Cc1sccc1C#CCN. The summed E-state index contributed by atoms with van der Waals surface area (Å²) in [6.07, 6.45) is 3.95. The van der Waals surface area contributed by atoms with E-state index in [1.165, 1.54) is 36.2 Å². The van der Waals surface area contributed by atoms with Crippen LogP contribution in [-0.4, -0.2) is 24.0 Å². The van der Waals surface area contributed by atoms with E-state index in [4.69, 9.17) is 5.73 Å². The third kappa shape index (κ3) is 3.10. The van der Waals surface area contributed by atoms with Crippen LogP contribution in [0.5, 0.6) is 0 Å². The number of likely N-dealkylation sites (tertiary alicyclic amines) is 1. The van der Waals surface area contributed by atoms with Gasteiger partial charge >= 0.3 is 0 Å². The van der Waals surface area contributed by atoms with Crippen LogP contribution in [0.2, 0.25) is 0 Å². The molecule has 1 aromatic rings. The van der Waals surface area contributed by atoms with Crippen molar-refractivity contribution in [2.45, 2.75) is 38.8 Å². The number of nitrogens with two attached hydrogens (primary N) is 1. The Bertz CT molecular complexity index is 413. The van der Waals surface area contributed by atoms with Gasteiger partial charge in [-0.1, -0.05) is 18.8 Å². The van der Waals surface area contributed by atoms with Crippen LogP contribution in [0.3, 0.4) is 0 Å². The lowest BCUT2D eigenvalue weighted by Gasteiger charge is -2.22. The molecule has 2 N–H and O–H groups in total. The molecule has 92 valence electrons. The Morgan fingerprint density at radius 2 is 2.47 bits per heavy atom. The molecular weight excluding hydrogens is 228 g/mol. The summed E-state index contributed by atoms with van der Waals surface area (Å²) in [5.41, 5.74) is 6.59. The number of thiophene rings is 1. The standard InChI is InChI=1S/C14H20N2S/c1-2-13-6-4-9-16(13)11-14-12(5-3-8-15)7-10-17-14/h7,10,13H,2,4,6,8-9,11,15H2,1H3. The fraction of sp³-hybridized carbons (Fsp3) is 0.571. The predicted molar refractivity (Wildman–Crippen MR) is 74.0 cm³/mol. The highest BCUT2D eigenvalue weighted by Gasteiger charge is 2.23. The average molecular weight is 248 g/mol. The molecule has 0 aliphatic carbocycles. The monoisotopic (exact) mass is 248 g/mol. The van der Waals surface area contributed by atoms with Crippen molar-refractivity contribution in [2.24, 2.45) is 5.73 Å². The third-order valence-corrected chi connectivity index (χ3v) is 4.29. The van der Waals surface area contributed by atoms with Crippen LogP contribution in [0.1, 0.15) is 36.6 Å². The molecular formula is C14H20N2S. The zero-order chi connectivity index (χ0) is 12.1. The van der Waals surface area contributed by atoms with E-state index in [9.17, 15) is 0 Å². The van der Waals surface area contributed by atoms with E-state index >= 15 is 0 Å². The highest BCUT2D eigenvalue weighted by atomic mass is 32.1. The first kappa shape index (κ1) is 12.6. The summed E-state index contributed by atoms with van der Waals surface area (Å²) in [5, 5.41) is 2.13. The first-order valence-corrected chi connectivity index (χ1v) is 7.22. The maximum Gasteiger partial charge on any atom is 0.0555 e. The normalized spacial score (nSPS) is 20.2. The van der Waals surface area contributed by atoms with Crippen molar-refractivity contribution in [1.82, 2.24) is 4.90 Å². The molecule has 1 fully saturated rings. The summed E-state index contributed by atoms with van der Waals surface area (Å²) in [6, 6.07) is 2.88. The number of rotatable bonds is 3. The van der Waals surface area contributed by atoms with E-state index < -0.39 is 0 Å². The molecule has 1 unspecified atom stereocenters. The molecule has 1 atom stereocenters. The van der Waals surface area contributed by atoms with E-state index in [1.54, 1.807) is 0 Å². The van der Waals surface area contributed by atoms with Gasteiger partial charge in [0.1, 0.15) is 0 Å². The minimum atomic E-state index is 0.441. The van der Waals surface area contributed by atoms with Crippen molar-refractivity contribution >= 4 is 11.3 Å². The maximum absolute atomic E-state index is 5.42. The Hall–Kier alpha value is -0.820. The van der Waals surface area contributed by atoms with E-state index in [0.29, 0.717) is 6.54 Å². The molecule has 17 heavy (non-hydrogen) atoms. The summed E-state index contributed by atoms with van der Waals surface area (Å²) < 4.78 is 0. The van der Waals surface area contributed by atoms with Crippen molar-refractivity contribution < 1.29 is 0 Å². The number of nitrogens with zero attached hydrogens (tertiary/aromatic N) is 1. The van der Waals surface area contributed by atoms with Gasteiger partial charge in [-0.05, 0) is 37.3 Å². The largest absolute Gasteiger partial charge is 0.320 e. The molecule has 0 aromatic carbocycles. The van der Waals surface area contributed by atoms with Gasteiger partial charge in [0.2, 0.25) is 0 Å². The smallest absolute Gasteiger partial charge is 0.0555 e. The quantitative estimate of drug-likeness (QED) is 0.833. The Morgan fingerprint density at radius 1 is 1.59 bits per heavy atom. The molecule has 0 bridgehead atoms. The molecule has 2 heterocycles. The molecule has 1 aliphatic heterocycles. The molecule has 0 spiro atoms. The molecule has 2 nitrogen and oxygen atoms in total. The first-order chi connectivity index (χ1) is 8.35. The van der Waals surface area contributed by atoms with Crippen LogP contribution < -0.4 is 5.73 Å². The summed E-state index contributed by atoms with van der Waals surface area (Å²) in [4.78, 5) is 3.99. The average Bonchev–Trinajstić information content (AvgIpc) is 2.96. The Labute approximate surface area is 108 Å². The lowest BCUT2D eigenvalue weighted by Crippen LogP contribution is -2.28. The van der Waals surface area contributed by atoms with Gasteiger partial charge < -0.3 is 5.73 Å². The predicted octanol–water partition coefficient (Wildman–Crippen LogP) is 2.43. The second-order valence-electron chi connectivity index (χ2n) is 4.44. The van der Waals surface area contributed by atoms with E-state index in [0.717, 1.165) is 12.6 Å². The topological polar surface area (TPSA) is 29.3 Å². The number of hydrogen-bond acceptors (Lipinski definition) is 3. The minimum absolute atomic E-state index is 0.441. The molecule has 1 aromatic heterocycles. The molecule has 0 radical (unpaired) electrons. The van der Waals surface area contributed by atoms with Gasteiger partial charge in [0.25, 0.3) is 0 Å². The van der Waals surface area contributed by atoms with Crippen LogP contribution in [0.4, 0.5) is 0 Å². The highest BCUT2D eigenvalue weighted by Crippen LogP contribution is 2.25. The molecule has 3 heteroatoms. The second-order valence-corrected chi connectivity index (χ2v) is 5.44. The van der Waals surface area contributed by atoms with Crippen LogP contribution in [-0.2, 0) is 6.54 Å². The minimum Gasteiger partial charge on any atom is -0.320 e. The second kappa shape index (κ2) is 6.20. The van der Waals surface area contributed by atoms with Crippen molar-refractivity contribution in [1.29, 1.82) is 0 Å². The zero-order valence-electron chi connectivity index (χ0n) is 10.4. The van der Waals surface area contributed by atoms with Gasteiger partial charge in [-0.3, -0.25) is 4.90 Å². The van der Waals surface area contributed by atoms with Crippen molar-refractivity contribution in [3.05, 3.63) is 21.9 Å². The molecule has 0 amide bonds. The fourth-order valence-electron chi connectivity index (χ4n) is 2.47. The van der Waals surface area contributed by atoms with Crippen LogP contribution in [0.15, 0.2) is 11.4 Å². The maximum atomic E-state index is 5.42. The van der Waals surface area contributed by atoms with Gasteiger partial charge in [0, 0.05) is 23.0 Å². The van der Waals surface area contributed by atoms with Gasteiger partial charge in [-0.25, -0.2) is 0 Å². The molecule has 2 rings (SSSR count). The lowest BCUT2D eigenvalue weighted by molar-refractivity contribution is 0.242. The van der Waals surface area contributed by atoms with Gasteiger partial charge in [0.05, 0.1) is 6.54 Å². The summed E-state index contributed by atoms with van der Waals surface area (Å²) >= 11 is 1.81. The highest BCUT2D eigenvalue weighted by molar-refractivity contribution is 7.10. The summed E-state index contributed by atoms with van der Waals surface area (Å²) in [5.74, 6) is 6.12. The first-order valence-electron chi connectivity index (χ1n) is 6.34. The van der Waals surface area contributed by atoms with Crippen LogP contribution in [0, 0.1) is 11.8 Å². The molecule has 1 aliphatic rings. The Morgan fingerprint density at radius 3 is 3.24 bits per heavy atom. The van der Waals surface area contributed by atoms with E-state index in [-0.39, 0.29) is 0 Å². The number of hydrogen-bond donors (Lipinski definition) is 1. The van der Waals surface area contributed by atoms with E-state index in [1.807, 2.05) is 11.3 Å². The summed E-state index contributed by atoms with van der Waals surface area (Å²) in [7, 11) is 0. The fourth-order valence-corrected chi connectivity index (χ4v) is 3.33. The van der Waals surface area contributed by atoms with Crippen molar-refractivity contribution in [3.8, 4) is 11.8 Å². The van der Waals surface area contributed by atoms with Gasteiger partial charge in [0.15, 0.2) is 0 Å². The van der Waals surface area contributed by atoms with Gasteiger partial charge in [-0.15, -0.1) is 11.3 Å². The van der Waals surface area contributed by atoms with Crippen LogP contribution >= 0.6 is 11.3 Å². The zero-order valence-corrected chi connectivity index (χ0v) is 11.2. The summed E-state index contributed by atoms with van der Waals surface area (Å²) in [6.45, 7) is 5.02. The Balaban J connectivity index is 2.05.